The maximum absolute atomic E-state index is 10.1. The zero-order valence-corrected chi connectivity index (χ0v) is 19.9. The van der Waals surface area contributed by atoms with Crippen molar-refractivity contribution in [2.45, 2.75) is 46.2 Å². The SMILES string of the molecule is C.COc1cc2c(cc1OCc1ccccc1)C1Cc3c(n(CO)c4cccc(Cl)c34)CN1CC2. The van der Waals surface area contributed by atoms with Crippen LogP contribution in [0.2, 0.25) is 5.02 Å². The third-order valence-electron chi connectivity index (χ3n) is 7.28. The van der Waals surface area contributed by atoms with Crippen molar-refractivity contribution in [3.05, 3.63) is 93.6 Å². The first-order valence-electron chi connectivity index (χ1n) is 11.7. The lowest BCUT2D eigenvalue weighted by molar-refractivity contribution is 0.145. The molecule has 4 aromatic rings. The predicted molar refractivity (Wildman–Crippen MR) is 140 cm³/mol. The third-order valence-corrected chi connectivity index (χ3v) is 7.60. The van der Waals surface area contributed by atoms with Crippen LogP contribution in [0.1, 0.15) is 41.4 Å². The Morgan fingerprint density at radius 2 is 1.89 bits per heavy atom. The van der Waals surface area contributed by atoms with Crippen LogP contribution in [-0.2, 0) is 32.7 Å². The van der Waals surface area contributed by atoms with E-state index >= 15 is 0 Å². The number of hydrogen-bond acceptors (Lipinski definition) is 4. The van der Waals surface area contributed by atoms with Gasteiger partial charge in [0.15, 0.2) is 11.5 Å². The second kappa shape index (κ2) is 9.57. The highest BCUT2D eigenvalue weighted by Gasteiger charge is 2.36. The predicted octanol–water partition coefficient (Wildman–Crippen LogP) is 6.12. The van der Waals surface area contributed by atoms with Gasteiger partial charge in [-0.05, 0) is 59.4 Å². The van der Waals surface area contributed by atoms with Crippen molar-refractivity contribution in [1.82, 2.24) is 9.47 Å². The van der Waals surface area contributed by atoms with Crippen molar-refractivity contribution in [2.24, 2.45) is 0 Å². The summed E-state index contributed by atoms with van der Waals surface area (Å²) in [5, 5.41) is 11.9. The van der Waals surface area contributed by atoms with E-state index < -0.39 is 0 Å². The lowest BCUT2D eigenvalue weighted by Gasteiger charge is -2.41. The van der Waals surface area contributed by atoms with E-state index in [2.05, 4.69) is 29.2 Å². The van der Waals surface area contributed by atoms with E-state index in [0.717, 1.165) is 58.9 Å². The monoisotopic (exact) mass is 490 g/mol. The molecule has 1 unspecified atom stereocenters. The molecule has 0 aliphatic carbocycles. The van der Waals surface area contributed by atoms with Crippen LogP contribution in [0.3, 0.4) is 0 Å². The van der Waals surface area contributed by atoms with Crippen molar-refractivity contribution in [2.75, 3.05) is 13.7 Å². The summed E-state index contributed by atoms with van der Waals surface area (Å²) in [4.78, 5) is 2.51. The van der Waals surface area contributed by atoms with Gasteiger partial charge in [-0.2, -0.15) is 0 Å². The molecule has 5 nitrogen and oxygen atoms in total. The highest BCUT2D eigenvalue weighted by Crippen LogP contribution is 2.45. The second-order valence-electron chi connectivity index (χ2n) is 9.05. The maximum atomic E-state index is 10.1. The van der Waals surface area contributed by atoms with Crippen LogP contribution in [0.15, 0.2) is 60.7 Å². The molecule has 0 saturated carbocycles. The Morgan fingerprint density at radius 3 is 2.66 bits per heavy atom. The first-order valence-corrected chi connectivity index (χ1v) is 12.1. The van der Waals surface area contributed by atoms with E-state index in [1.54, 1.807) is 7.11 Å². The topological polar surface area (TPSA) is 46.9 Å². The molecule has 35 heavy (non-hydrogen) atoms. The molecule has 1 N–H and O–H groups in total. The summed E-state index contributed by atoms with van der Waals surface area (Å²) < 4.78 is 13.9. The van der Waals surface area contributed by atoms with E-state index in [0.29, 0.717) is 6.61 Å². The van der Waals surface area contributed by atoms with Crippen LogP contribution >= 0.6 is 11.6 Å². The average molecular weight is 491 g/mol. The molecular weight excluding hydrogens is 460 g/mol. The summed E-state index contributed by atoms with van der Waals surface area (Å²) in [7, 11) is 1.70. The van der Waals surface area contributed by atoms with E-state index in [1.165, 1.54) is 22.4 Å². The van der Waals surface area contributed by atoms with Gasteiger partial charge in [-0.15, -0.1) is 0 Å². The van der Waals surface area contributed by atoms with Crippen LogP contribution in [0.4, 0.5) is 0 Å². The molecule has 2 aliphatic heterocycles. The zero-order valence-electron chi connectivity index (χ0n) is 19.1. The van der Waals surface area contributed by atoms with Gasteiger partial charge in [0.25, 0.3) is 0 Å². The standard InChI is InChI=1S/C28H27ClN2O3.CH4/c1-33-26-12-19-10-11-30-15-25-21(28-22(29)8-5-9-23(28)31(25)17-32)13-24(30)20(19)14-27(26)34-16-18-6-3-2-4-7-18;/h2-9,12,14,24,32H,10-11,13,15-17H2,1H3;1H4. The maximum Gasteiger partial charge on any atom is 0.162 e. The van der Waals surface area contributed by atoms with Crippen molar-refractivity contribution in [1.29, 1.82) is 0 Å². The van der Waals surface area contributed by atoms with E-state index in [-0.39, 0.29) is 20.2 Å². The number of nitrogens with zero attached hydrogens (tertiary/aromatic N) is 2. The first-order chi connectivity index (χ1) is 16.7. The Hall–Kier alpha value is -2.99. The minimum Gasteiger partial charge on any atom is -0.493 e. The second-order valence-corrected chi connectivity index (χ2v) is 9.45. The fourth-order valence-electron chi connectivity index (χ4n) is 5.63. The molecule has 0 spiro atoms. The molecule has 182 valence electrons. The minimum atomic E-state index is -0.0457. The zero-order chi connectivity index (χ0) is 23.2. The highest BCUT2D eigenvalue weighted by molar-refractivity contribution is 6.35. The normalized spacial score (nSPS) is 16.7. The molecule has 1 aromatic heterocycles. The summed E-state index contributed by atoms with van der Waals surface area (Å²) in [6.07, 6.45) is 1.80. The molecule has 6 rings (SSSR count). The number of aliphatic hydroxyl groups is 1. The van der Waals surface area contributed by atoms with Gasteiger partial charge in [0, 0.05) is 30.2 Å². The van der Waals surface area contributed by atoms with E-state index in [1.807, 2.05) is 41.0 Å². The van der Waals surface area contributed by atoms with Gasteiger partial charge in [-0.25, -0.2) is 0 Å². The molecule has 0 amide bonds. The largest absolute Gasteiger partial charge is 0.493 e. The lowest BCUT2D eigenvalue weighted by Crippen LogP contribution is -2.39. The van der Waals surface area contributed by atoms with Crippen molar-refractivity contribution in [3.63, 3.8) is 0 Å². The van der Waals surface area contributed by atoms with Gasteiger partial charge in [0.05, 0.1) is 17.6 Å². The van der Waals surface area contributed by atoms with Crippen molar-refractivity contribution < 1.29 is 14.6 Å². The van der Waals surface area contributed by atoms with Gasteiger partial charge in [0.2, 0.25) is 0 Å². The van der Waals surface area contributed by atoms with Crippen LogP contribution in [0, 0.1) is 0 Å². The lowest BCUT2D eigenvalue weighted by atomic mass is 9.85. The van der Waals surface area contributed by atoms with Crippen LogP contribution in [-0.4, -0.2) is 28.2 Å². The Labute approximate surface area is 211 Å². The Morgan fingerprint density at radius 1 is 1.06 bits per heavy atom. The Bertz CT molecular complexity index is 1370. The summed E-state index contributed by atoms with van der Waals surface area (Å²) in [6, 6.07) is 20.7. The minimum absolute atomic E-state index is 0. The number of rotatable bonds is 5. The molecule has 0 bridgehead atoms. The summed E-state index contributed by atoms with van der Waals surface area (Å²) >= 11 is 6.66. The van der Waals surface area contributed by atoms with Crippen LogP contribution in [0.5, 0.6) is 11.5 Å². The molecule has 6 heteroatoms. The average Bonchev–Trinajstić information content (AvgIpc) is 3.19. The van der Waals surface area contributed by atoms with Gasteiger partial charge in [0.1, 0.15) is 13.3 Å². The van der Waals surface area contributed by atoms with E-state index in [9.17, 15) is 5.11 Å². The first kappa shape index (κ1) is 23.7. The number of methoxy groups -OCH3 is 1. The molecule has 2 aliphatic rings. The number of aromatic nitrogens is 1. The molecule has 0 saturated heterocycles. The van der Waals surface area contributed by atoms with Crippen LogP contribution in [0.25, 0.3) is 10.9 Å². The molecule has 3 aromatic carbocycles. The van der Waals surface area contributed by atoms with Gasteiger partial charge >= 0.3 is 0 Å². The molecule has 0 radical (unpaired) electrons. The van der Waals surface area contributed by atoms with Crippen LogP contribution < -0.4 is 9.47 Å². The molecule has 1 atom stereocenters. The number of aliphatic hydroxyl groups excluding tert-OH is 1. The van der Waals surface area contributed by atoms with Crippen molar-refractivity contribution in [3.8, 4) is 11.5 Å². The third kappa shape index (κ3) is 3.98. The summed E-state index contributed by atoms with van der Waals surface area (Å²) in [5.41, 5.74) is 7.13. The fourth-order valence-corrected chi connectivity index (χ4v) is 5.92. The van der Waals surface area contributed by atoms with E-state index in [4.69, 9.17) is 21.1 Å². The smallest absolute Gasteiger partial charge is 0.162 e. The fraction of sp³-hybridized carbons (Fsp3) is 0.310. The van der Waals surface area contributed by atoms with Gasteiger partial charge in [-0.3, -0.25) is 4.90 Å². The van der Waals surface area contributed by atoms with Crippen molar-refractivity contribution >= 4 is 22.5 Å². The number of halogens is 1. The Balaban J connectivity index is 0.00000253. The summed E-state index contributed by atoms with van der Waals surface area (Å²) in [6.45, 7) is 2.20. The number of hydrogen-bond donors (Lipinski definition) is 1. The molecule has 3 heterocycles. The quantitative estimate of drug-likeness (QED) is 0.366. The highest BCUT2D eigenvalue weighted by atomic mass is 35.5. The molecular formula is C29H31ClN2O3. The number of ether oxygens (including phenoxy) is 2. The number of fused-ring (bicyclic) bond motifs is 6. The van der Waals surface area contributed by atoms with Gasteiger partial charge < -0.3 is 19.1 Å². The number of benzene rings is 3. The van der Waals surface area contributed by atoms with Gasteiger partial charge in [-0.1, -0.05) is 55.4 Å². The molecule has 0 fully saturated rings. The summed E-state index contributed by atoms with van der Waals surface area (Å²) in [5.74, 6) is 1.55. The Kier molecular flexibility index (Phi) is 6.49.